The molecule has 0 spiro atoms. The molecule has 0 saturated heterocycles. The molecule has 1 heterocycles. The molecule has 2 fully saturated rings. The van der Waals surface area contributed by atoms with Crippen LogP contribution in [0.15, 0.2) is 10.5 Å². The molecule has 0 unspecified atom stereocenters. The van der Waals surface area contributed by atoms with Crippen LogP contribution in [0, 0.1) is 12.8 Å². The Morgan fingerprint density at radius 1 is 1.32 bits per heavy atom. The van der Waals surface area contributed by atoms with Crippen molar-refractivity contribution in [3.63, 3.8) is 0 Å². The average molecular weight is 262 g/mol. The van der Waals surface area contributed by atoms with E-state index in [1.807, 2.05) is 0 Å². The van der Waals surface area contributed by atoms with Crippen LogP contribution in [0.5, 0.6) is 0 Å². The standard InChI is InChI=1S/C16H26N2O/c1-3-18(10-13-4-5-13)11-16-8-14(12(2)19-16)9-17-15-6-7-15/h8,13,15,17H,3-7,9-11H2,1-2H3. The second kappa shape index (κ2) is 5.68. The number of aryl methyl sites for hydroxylation is 1. The number of nitrogens with zero attached hydrogens (tertiary/aromatic N) is 1. The first-order chi connectivity index (χ1) is 9.24. The minimum Gasteiger partial charge on any atom is -0.465 e. The highest BCUT2D eigenvalue weighted by molar-refractivity contribution is 5.21. The summed E-state index contributed by atoms with van der Waals surface area (Å²) in [4.78, 5) is 2.51. The van der Waals surface area contributed by atoms with Gasteiger partial charge in [-0.2, -0.15) is 0 Å². The molecule has 2 aliphatic rings. The van der Waals surface area contributed by atoms with Crippen LogP contribution >= 0.6 is 0 Å². The largest absolute Gasteiger partial charge is 0.465 e. The monoisotopic (exact) mass is 262 g/mol. The summed E-state index contributed by atoms with van der Waals surface area (Å²) < 4.78 is 5.92. The van der Waals surface area contributed by atoms with Gasteiger partial charge in [0.05, 0.1) is 6.54 Å². The molecular formula is C16H26N2O. The molecule has 3 nitrogen and oxygen atoms in total. The van der Waals surface area contributed by atoms with E-state index in [9.17, 15) is 0 Å². The molecule has 0 atom stereocenters. The highest BCUT2D eigenvalue weighted by atomic mass is 16.3. The number of rotatable bonds is 8. The maximum Gasteiger partial charge on any atom is 0.118 e. The summed E-state index contributed by atoms with van der Waals surface area (Å²) in [7, 11) is 0. The number of hydrogen-bond acceptors (Lipinski definition) is 3. The predicted octanol–water partition coefficient (Wildman–Crippen LogP) is 3.07. The molecule has 0 amide bonds. The molecule has 106 valence electrons. The van der Waals surface area contributed by atoms with Gasteiger partial charge in [-0.05, 0) is 51.1 Å². The van der Waals surface area contributed by atoms with Crippen molar-refractivity contribution in [1.82, 2.24) is 10.2 Å². The van der Waals surface area contributed by atoms with E-state index in [1.54, 1.807) is 0 Å². The normalized spacial score (nSPS) is 19.3. The Kier molecular flexibility index (Phi) is 3.94. The Labute approximate surface area is 116 Å². The fraction of sp³-hybridized carbons (Fsp3) is 0.750. The molecule has 2 aliphatic carbocycles. The summed E-state index contributed by atoms with van der Waals surface area (Å²) in [6.45, 7) is 8.63. The Morgan fingerprint density at radius 2 is 2.11 bits per heavy atom. The summed E-state index contributed by atoms with van der Waals surface area (Å²) in [6.07, 6.45) is 5.53. The lowest BCUT2D eigenvalue weighted by atomic mass is 10.2. The van der Waals surface area contributed by atoms with Crippen LogP contribution in [0.4, 0.5) is 0 Å². The zero-order valence-electron chi connectivity index (χ0n) is 12.2. The van der Waals surface area contributed by atoms with E-state index in [-0.39, 0.29) is 0 Å². The van der Waals surface area contributed by atoms with E-state index < -0.39 is 0 Å². The molecule has 1 aromatic rings. The van der Waals surface area contributed by atoms with Gasteiger partial charge in [0, 0.05) is 24.7 Å². The van der Waals surface area contributed by atoms with Gasteiger partial charge < -0.3 is 9.73 Å². The second-order valence-corrected chi connectivity index (χ2v) is 6.22. The van der Waals surface area contributed by atoms with E-state index >= 15 is 0 Å². The van der Waals surface area contributed by atoms with Crippen molar-refractivity contribution in [1.29, 1.82) is 0 Å². The molecule has 2 saturated carbocycles. The van der Waals surface area contributed by atoms with Gasteiger partial charge in [0.2, 0.25) is 0 Å². The average Bonchev–Trinajstić information content (AvgIpc) is 3.28. The van der Waals surface area contributed by atoms with Crippen LogP contribution in [-0.2, 0) is 13.1 Å². The number of furan rings is 1. The Hall–Kier alpha value is -0.800. The van der Waals surface area contributed by atoms with E-state index in [2.05, 4.69) is 30.1 Å². The van der Waals surface area contributed by atoms with Gasteiger partial charge in [-0.15, -0.1) is 0 Å². The lowest BCUT2D eigenvalue weighted by Crippen LogP contribution is -2.24. The van der Waals surface area contributed by atoms with Gasteiger partial charge in [0.15, 0.2) is 0 Å². The molecule has 1 aromatic heterocycles. The van der Waals surface area contributed by atoms with Crippen LogP contribution in [0.1, 0.15) is 49.7 Å². The highest BCUT2D eigenvalue weighted by Crippen LogP contribution is 2.30. The SMILES string of the molecule is CCN(Cc1cc(CNC2CC2)c(C)o1)CC1CC1. The van der Waals surface area contributed by atoms with Gasteiger partial charge in [0.25, 0.3) is 0 Å². The second-order valence-electron chi connectivity index (χ2n) is 6.22. The molecule has 19 heavy (non-hydrogen) atoms. The van der Waals surface area contributed by atoms with Crippen molar-refractivity contribution in [3.8, 4) is 0 Å². The van der Waals surface area contributed by atoms with Crippen LogP contribution < -0.4 is 5.32 Å². The first-order valence-corrected chi connectivity index (χ1v) is 7.78. The van der Waals surface area contributed by atoms with Crippen LogP contribution in [0.2, 0.25) is 0 Å². The summed E-state index contributed by atoms with van der Waals surface area (Å²) >= 11 is 0. The first kappa shape index (κ1) is 13.2. The first-order valence-electron chi connectivity index (χ1n) is 7.78. The fourth-order valence-corrected chi connectivity index (χ4v) is 2.57. The van der Waals surface area contributed by atoms with Gasteiger partial charge >= 0.3 is 0 Å². The third kappa shape index (κ3) is 3.83. The third-order valence-electron chi connectivity index (χ3n) is 4.27. The van der Waals surface area contributed by atoms with Crippen molar-refractivity contribution in [3.05, 3.63) is 23.2 Å². The van der Waals surface area contributed by atoms with Crippen molar-refractivity contribution in [2.24, 2.45) is 5.92 Å². The maximum absolute atomic E-state index is 5.92. The van der Waals surface area contributed by atoms with E-state index in [1.165, 1.54) is 37.8 Å². The lowest BCUT2D eigenvalue weighted by Gasteiger charge is -2.18. The molecule has 3 heteroatoms. The zero-order chi connectivity index (χ0) is 13.2. The van der Waals surface area contributed by atoms with Crippen LogP contribution in [-0.4, -0.2) is 24.0 Å². The quantitative estimate of drug-likeness (QED) is 0.780. The smallest absolute Gasteiger partial charge is 0.118 e. The summed E-state index contributed by atoms with van der Waals surface area (Å²) in [5.41, 5.74) is 1.34. The Bertz CT molecular complexity index is 418. The number of nitrogens with one attached hydrogen (secondary N) is 1. The van der Waals surface area contributed by atoms with Crippen molar-refractivity contribution >= 4 is 0 Å². The van der Waals surface area contributed by atoms with Crippen LogP contribution in [0.3, 0.4) is 0 Å². The molecule has 0 radical (unpaired) electrons. The highest BCUT2D eigenvalue weighted by Gasteiger charge is 2.24. The summed E-state index contributed by atoms with van der Waals surface area (Å²) in [6, 6.07) is 3.01. The van der Waals surface area contributed by atoms with Crippen molar-refractivity contribution < 1.29 is 4.42 Å². The molecule has 0 aliphatic heterocycles. The van der Waals surface area contributed by atoms with Gasteiger partial charge in [-0.1, -0.05) is 6.92 Å². The fourth-order valence-electron chi connectivity index (χ4n) is 2.57. The van der Waals surface area contributed by atoms with Crippen molar-refractivity contribution in [2.45, 2.75) is 58.7 Å². The van der Waals surface area contributed by atoms with Gasteiger partial charge in [-0.25, -0.2) is 0 Å². The minimum absolute atomic E-state index is 0.764. The summed E-state index contributed by atoms with van der Waals surface area (Å²) in [5.74, 6) is 3.17. The molecule has 3 rings (SSSR count). The zero-order valence-corrected chi connectivity index (χ0v) is 12.2. The minimum atomic E-state index is 0.764. The van der Waals surface area contributed by atoms with Crippen LogP contribution in [0.25, 0.3) is 0 Å². The van der Waals surface area contributed by atoms with E-state index in [0.717, 1.165) is 43.1 Å². The van der Waals surface area contributed by atoms with E-state index in [4.69, 9.17) is 4.42 Å². The third-order valence-corrected chi connectivity index (χ3v) is 4.27. The Balaban J connectivity index is 1.54. The van der Waals surface area contributed by atoms with Crippen molar-refractivity contribution in [2.75, 3.05) is 13.1 Å². The van der Waals surface area contributed by atoms with E-state index in [0.29, 0.717) is 0 Å². The summed E-state index contributed by atoms with van der Waals surface area (Å²) in [5, 5.41) is 3.56. The molecular weight excluding hydrogens is 236 g/mol. The number of hydrogen-bond donors (Lipinski definition) is 1. The molecule has 0 aromatic carbocycles. The maximum atomic E-state index is 5.92. The topological polar surface area (TPSA) is 28.4 Å². The lowest BCUT2D eigenvalue weighted by molar-refractivity contribution is 0.244. The molecule has 0 bridgehead atoms. The predicted molar refractivity (Wildman–Crippen MR) is 77.0 cm³/mol. The van der Waals surface area contributed by atoms with Gasteiger partial charge in [-0.3, -0.25) is 4.90 Å². The molecule has 1 N–H and O–H groups in total. The Morgan fingerprint density at radius 3 is 2.74 bits per heavy atom. The van der Waals surface area contributed by atoms with Gasteiger partial charge in [0.1, 0.15) is 11.5 Å².